The van der Waals surface area contributed by atoms with Gasteiger partial charge in [-0.1, -0.05) is 32.9 Å². The minimum absolute atomic E-state index is 0.240. The van der Waals surface area contributed by atoms with Crippen LogP contribution in [0.2, 0.25) is 0 Å². The lowest BCUT2D eigenvalue weighted by Crippen LogP contribution is -2.34. The molecule has 1 unspecified atom stereocenters. The molecule has 0 bridgehead atoms. The lowest BCUT2D eigenvalue weighted by molar-refractivity contribution is 0.242. The van der Waals surface area contributed by atoms with E-state index in [0.29, 0.717) is 12.0 Å². The number of benzene rings is 1. The zero-order valence-electron chi connectivity index (χ0n) is 13.8. The number of hydrogen-bond donors (Lipinski definition) is 1. The van der Waals surface area contributed by atoms with Crippen LogP contribution in [0.4, 0.5) is 0 Å². The fourth-order valence-corrected chi connectivity index (χ4v) is 2.33. The maximum atomic E-state index is 5.67. The van der Waals surface area contributed by atoms with E-state index in [-0.39, 0.29) is 6.10 Å². The minimum atomic E-state index is 0.240. The molecule has 1 aromatic rings. The number of hydrogen-bond acceptors (Lipinski definition) is 2. The number of rotatable bonds is 9. The molecule has 0 aliphatic heterocycles. The number of aryl methyl sites for hydroxylation is 1. The molecule has 0 aromatic heterocycles. The second-order valence-electron chi connectivity index (χ2n) is 6.15. The zero-order valence-corrected chi connectivity index (χ0v) is 13.8. The maximum Gasteiger partial charge on any atom is 0.119 e. The van der Waals surface area contributed by atoms with Crippen molar-refractivity contribution in [1.82, 2.24) is 5.32 Å². The summed E-state index contributed by atoms with van der Waals surface area (Å²) in [7, 11) is 0. The Morgan fingerprint density at radius 3 is 2.20 bits per heavy atom. The van der Waals surface area contributed by atoms with Crippen LogP contribution in [-0.2, 0) is 6.42 Å². The van der Waals surface area contributed by atoms with Crippen LogP contribution in [-0.4, -0.2) is 18.7 Å². The van der Waals surface area contributed by atoms with Crippen molar-refractivity contribution < 1.29 is 4.74 Å². The van der Waals surface area contributed by atoms with Crippen LogP contribution in [0.5, 0.6) is 5.75 Å². The molecule has 0 spiro atoms. The molecule has 0 aliphatic carbocycles. The van der Waals surface area contributed by atoms with Crippen LogP contribution < -0.4 is 10.1 Å². The van der Waals surface area contributed by atoms with E-state index < -0.39 is 0 Å². The van der Waals surface area contributed by atoms with E-state index in [2.05, 4.69) is 64.2 Å². The van der Waals surface area contributed by atoms with Gasteiger partial charge in [0.2, 0.25) is 0 Å². The van der Waals surface area contributed by atoms with Gasteiger partial charge in [0.25, 0.3) is 0 Å². The van der Waals surface area contributed by atoms with Gasteiger partial charge in [-0.3, -0.25) is 0 Å². The second-order valence-corrected chi connectivity index (χ2v) is 6.15. The molecule has 0 amide bonds. The summed E-state index contributed by atoms with van der Waals surface area (Å²) in [5.41, 5.74) is 1.39. The van der Waals surface area contributed by atoms with Crippen molar-refractivity contribution in [2.24, 2.45) is 5.92 Å². The predicted octanol–water partition coefficient (Wildman–Crippen LogP) is 4.43. The van der Waals surface area contributed by atoms with Gasteiger partial charge in [0.05, 0.1) is 6.10 Å². The molecule has 0 aliphatic rings. The van der Waals surface area contributed by atoms with Crippen LogP contribution in [0.25, 0.3) is 0 Å². The normalized spacial score (nSPS) is 12.9. The van der Waals surface area contributed by atoms with Crippen molar-refractivity contribution in [2.45, 2.75) is 66.0 Å². The molecule has 0 radical (unpaired) electrons. The average Bonchev–Trinajstić information content (AvgIpc) is 2.39. The zero-order chi connectivity index (χ0) is 15.0. The summed E-state index contributed by atoms with van der Waals surface area (Å²) in [6.07, 6.45) is 3.76. The standard InChI is InChI=1S/C18H31NO/c1-6-13-19-18(14(2)3)12-9-16-7-10-17(11-8-16)20-15(4)5/h7-8,10-11,14-15,18-19H,6,9,12-13H2,1-5H3. The van der Waals surface area contributed by atoms with E-state index in [1.54, 1.807) is 0 Å². The Bertz CT molecular complexity index is 356. The smallest absolute Gasteiger partial charge is 0.119 e. The topological polar surface area (TPSA) is 21.3 Å². The van der Waals surface area contributed by atoms with Crippen molar-refractivity contribution in [2.75, 3.05) is 6.54 Å². The first-order valence-electron chi connectivity index (χ1n) is 8.02. The van der Waals surface area contributed by atoms with E-state index in [1.807, 2.05) is 0 Å². The van der Waals surface area contributed by atoms with E-state index >= 15 is 0 Å². The molecule has 2 nitrogen and oxygen atoms in total. The van der Waals surface area contributed by atoms with Gasteiger partial charge in [0.15, 0.2) is 0 Å². The molecule has 2 heteroatoms. The fourth-order valence-electron chi connectivity index (χ4n) is 2.33. The molecule has 1 N–H and O–H groups in total. The van der Waals surface area contributed by atoms with Gasteiger partial charge in [-0.25, -0.2) is 0 Å². The van der Waals surface area contributed by atoms with Crippen LogP contribution in [0.15, 0.2) is 24.3 Å². The highest BCUT2D eigenvalue weighted by Gasteiger charge is 2.12. The first-order chi connectivity index (χ1) is 9.52. The van der Waals surface area contributed by atoms with Crippen LogP contribution in [0.1, 0.15) is 53.0 Å². The third kappa shape index (κ3) is 6.42. The summed E-state index contributed by atoms with van der Waals surface area (Å²) < 4.78 is 5.67. The van der Waals surface area contributed by atoms with E-state index in [9.17, 15) is 0 Å². The minimum Gasteiger partial charge on any atom is -0.491 e. The Morgan fingerprint density at radius 1 is 1.05 bits per heavy atom. The Balaban J connectivity index is 2.46. The highest BCUT2D eigenvalue weighted by molar-refractivity contribution is 5.27. The molecule has 0 fully saturated rings. The third-order valence-electron chi connectivity index (χ3n) is 3.50. The lowest BCUT2D eigenvalue weighted by atomic mass is 9.96. The average molecular weight is 277 g/mol. The Kier molecular flexibility index (Phi) is 7.68. The number of ether oxygens (including phenoxy) is 1. The molecule has 1 aromatic carbocycles. The monoisotopic (exact) mass is 277 g/mol. The molecule has 1 atom stereocenters. The maximum absolute atomic E-state index is 5.67. The van der Waals surface area contributed by atoms with Gasteiger partial charge in [-0.05, 0) is 63.3 Å². The van der Waals surface area contributed by atoms with Crippen molar-refractivity contribution >= 4 is 0 Å². The first kappa shape index (κ1) is 17.0. The van der Waals surface area contributed by atoms with Gasteiger partial charge >= 0.3 is 0 Å². The van der Waals surface area contributed by atoms with Gasteiger partial charge < -0.3 is 10.1 Å². The summed E-state index contributed by atoms with van der Waals surface area (Å²) in [5.74, 6) is 1.65. The van der Waals surface area contributed by atoms with E-state index in [1.165, 1.54) is 18.4 Å². The molecule has 0 saturated carbocycles. The molecule has 0 saturated heterocycles. The Labute approximate surface area is 124 Å². The summed E-state index contributed by atoms with van der Waals surface area (Å²) in [5, 5.41) is 3.65. The highest BCUT2D eigenvalue weighted by Crippen LogP contribution is 2.16. The molecular formula is C18H31NO. The predicted molar refractivity (Wildman–Crippen MR) is 87.4 cm³/mol. The fraction of sp³-hybridized carbons (Fsp3) is 0.667. The second kappa shape index (κ2) is 9.02. The SMILES string of the molecule is CCCNC(CCc1ccc(OC(C)C)cc1)C(C)C. The van der Waals surface area contributed by atoms with E-state index in [0.717, 1.165) is 18.7 Å². The molecule has 0 heterocycles. The van der Waals surface area contributed by atoms with Crippen molar-refractivity contribution in [1.29, 1.82) is 0 Å². The van der Waals surface area contributed by atoms with Gasteiger partial charge in [0.1, 0.15) is 5.75 Å². The van der Waals surface area contributed by atoms with Gasteiger partial charge in [-0.15, -0.1) is 0 Å². The Morgan fingerprint density at radius 2 is 1.70 bits per heavy atom. The molecule has 114 valence electrons. The summed E-state index contributed by atoms with van der Waals surface area (Å²) in [6.45, 7) is 12.0. The Hall–Kier alpha value is -1.02. The molecule has 1 rings (SSSR count). The quantitative estimate of drug-likeness (QED) is 0.721. The lowest BCUT2D eigenvalue weighted by Gasteiger charge is -2.22. The summed E-state index contributed by atoms with van der Waals surface area (Å²) in [4.78, 5) is 0. The highest BCUT2D eigenvalue weighted by atomic mass is 16.5. The first-order valence-corrected chi connectivity index (χ1v) is 8.02. The van der Waals surface area contributed by atoms with Crippen molar-refractivity contribution in [3.05, 3.63) is 29.8 Å². The van der Waals surface area contributed by atoms with Gasteiger partial charge in [-0.2, -0.15) is 0 Å². The van der Waals surface area contributed by atoms with Gasteiger partial charge in [0, 0.05) is 6.04 Å². The largest absolute Gasteiger partial charge is 0.491 e. The summed E-state index contributed by atoms with van der Waals surface area (Å²) in [6, 6.07) is 9.16. The summed E-state index contributed by atoms with van der Waals surface area (Å²) >= 11 is 0. The molecular weight excluding hydrogens is 246 g/mol. The van der Waals surface area contributed by atoms with Crippen LogP contribution >= 0.6 is 0 Å². The van der Waals surface area contributed by atoms with Crippen molar-refractivity contribution in [3.63, 3.8) is 0 Å². The third-order valence-corrected chi connectivity index (χ3v) is 3.50. The van der Waals surface area contributed by atoms with Crippen molar-refractivity contribution in [3.8, 4) is 5.75 Å². The van der Waals surface area contributed by atoms with Crippen LogP contribution in [0, 0.1) is 5.92 Å². The van der Waals surface area contributed by atoms with E-state index in [4.69, 9.17) is 4.74 Å². The number of nitrogens with one attached hydrogen (secondary N) is 1. The van der Waals surface area contributed by atoms with Crippen LogP contribution in [0.3, 0.4) is 0 Å². The molecule has 20 heavy (non-hydrogen) atoms.